The molecule has 0 aliphatic rings. The zero-order chi connectivity index (χ0) is 18.5. The fourth-order valence-electron chi connectivity index (χ4n) is 2.24. The van der Waals surface area contributed by atoms with E-state index in [4.69, 9.17) is 11.6 Å². The number of ether oxygens (including phenoxy) is 1. The summed E-state index contributed by atoms with van der Waals surface area (Å²) in [5.41, 5.74) is 1.68. The number of aromatic nitrogens is 1. The van der Waals surface area contributed by atoms with Crippen molar-refractivity contribution in [1.29, 1.82) is 0 Å². The number of rotatable bonds is 6. The average molecular weight is 395 g/mol. The molecule has 26 heavy (non-hydrogen) atoms. The van der Waals surface area contributed by atoms with E-state index in [2.05, 4.69) is 15.0 Å². The van der Waals surface area contributed by atoms with Crippen molar-refractivity contribution in [3.05, 3.63) is 64.6 Å². The van der Waals surface area contributed by atoms with Crippen molar-refractivity contribution in [3.8, 4) is 16.3 Å². The van der Waals surface area contributed by atoms with E-state index in [-0.39, 0.29) is 23.8 Å². The van der Waals surface area contributed by atoms with E-state index in [1.807, 2.05) is 12.1 Å². The number of anilines is 1. The number of carbonyl (C=O) groups is 1. The highest BCUT2D eigenvalue weighted by molar-refractivity contribution is 7.13. The Morgan fingerprint density at radius 3 is 2.65 bits per heavy atom. The van der Waals surface area contributed by atoms with Crippen LogP contribution >= 0.6 is 22.9 Å². The molecule has 0 saturated heterocycles. The Hall–Kier alpha value is -2.51. The van der Waals surface area contributed by atoms with Crippen molar-refractivity contribution in [3.63, 3.8) is 0 Å². The first-order valence-corrected chi connectivity index (χ1v) is 8.81. The third-order valence-electron chi connectivity index (χ3n) is 3.36. The summed E-state index contributed by atoms with van der Waals surface area (Å²) in [6, 6.07) is 13.3. The first kappa shape index (κ1) is 18.3. The molecule has 0 unspecified atom stereocenters. The fourth-order valence-corrected chi connectivity index (χ4v) is 3.19. The Morgan fingerprint density at radius 2 is 1.92 bits per heavy atom. The molecule has 1 aromatic heterocycles. The molecule has 0 saturated carbocycles. The summed E-state index contributed by atoms with van der Waals surface area (Å²) < 4.78 is 29.2. The second-order valence-electron chi connectivity index (χ2n) is 5.25. The summed E-state index contributed by atoms with van der Waals surface area (Å²) >= 11 is 7.28. The van der Waals surface area contributed by atoms with Crippen molar-refractivity contribution < 1.29 is 18.3 Å². The number of hydrogen-bond donors (Lipinski definition) is 1. The minimum absolute atomic E-state index is 0.0209. The Morgan fingerprint density at radius 1 is 1.19 bits per heavy atom. The van der Waals surface area contributed by atoms with Crippen LogP contribution in [0.1, 0.15) is 5.69 Å². The van der Waals surface area contributed by atoms with E-state index in [0.717, 1.165) is 10.6 Å². The van der Waals surface area contributed by atoms with E-state index in [1.54, 1.807) is 29.6 Å². The van der Waals surface area contributed by atoms with Crippen molar-refractivity contribution in [2.45, 2.75) is 13.0 Å². The molecule has 2 aromatic carbocycles. The molecular formula is C18H13ClF2N2O2S. The molecule has 1 heterocycles. The van der Waals surface area contributed by atoms with Gasteiger partial charge in [0.05, 0.1) is 17.8 Å². The summed E-state index contributed by atoms with van der Waals surface area (Å²) in [7, 11) is 0. The highest BCUT2D eigenvalue weighted by atomic mass is 35.5. The van der Waals surface area contributed by atoms with Crippen LogP contribution < -0.4 is 10.1 Å². The van der Waals surface area contributed by atoms with Crippen molar-refractivity contribution in [2.24, 2.45) is 0 Å². The standard InChI is InChI=1S/C18H13ClF2N2O2S/c19-12-7-5-11(6-8-12)17-22-13(10-26-17)9-16(24)23-14-3-1-2-4-15(14)25-18(20)21/h1-8,10,18H,9H2,(H,23,24). The van der Waals surface area contributed by atoms with Crippen LogP contribution in [0.5, 0.6) is 5.75 Å². The maximum atomic E-state index is 12.4. The van der Waals surface area contributed by atoms with Gasteiger partial charge in [-0.05, 0) is 24.3 Å². The second kappa shape index (κ2) is 8.25. The Balaban J connectivity index is 1.67. The molecule has 1 N–H and O–H groups in total. The third kappa shape index (κ3) is 4.77. The molecule has 3 aromatic rings. The van der Waals surface area contributed by atoms with E-state index in [9.17, 15) is 13.6 Å². The lowest BCUT2D eigenvalue weighted by molar-refractivity contribution is -0.115. The van der Waals surface area contributed by atoms with Crippen molar-refractivity contribution in [1.82, 2.24) is 4.98 Å². The first-order chi connectivity index (χ1) is 12.5. The number of para-hydroxylation sites is 2. The van der Waals surface area contributed by atoms with Gasteiger partial charge in [-0.25, -0.2) is 4.98 Å². The summed E-state index contributed by atoms with van der Waals surface area (Å²) in [5.74, 6) is -0.459. The van der Waals surface area contributed by atoms with E-state index in [0.29, 0.717) is 10.7 Å². The zero-order valence-corrected chi connectivity index (χ0v) is 14.9. The molecule has 4 nitrogen and oxygen atoms in total. The molecule has 8 heteroatoms. The van der Waals surface area contributed by atoms with Gasteiger partial charge in [0.2, 0.25) is 5.91 Å². The molecule has 0 bridgehead atoms. The van der Waals surface area contributed by atoms with Gasteiger partial charge in [-0.3, -0.25) is 4.79 Å². The van der Waals surface area contributed by atoms with Crippen LogP contribution in [-0.4, -0.2) is 17.5 Å². The van der Waals surface area contributed by atoms with Gasteiger partial charge in [-0.1, -0.05) is 35.9 Å². The highest BCUT2D eigenvalue weighted by Crippen LogP contribution is 2.27. The Kier molecular flexibility index (Phi) is 5.80. The Labute approximate surface area is 157 Å². The Bertz CT molecular complexity index is 900. The van der Waals surface area contributed by atoms with Gasteiger partial charge in [-0.15, -0.1) is 11.3 Å². The summed E-state index contributed by atoms with van der Waals surface area (Å²) in [6.07, 6.45) is 0.0209. The van der Waals surface area contributed by atoms with Crippen LogP contribution in [0.3, 0.4) is 0 Å². The summed E-state index contributed by atoms with van der Waals surface area (Å²) in [6.45, 7) is -2.96. The molecular weight excluding hydrogens is 382 g/mol. The molecule has 0 radical (unpaired) electrons. The van der Waals surface area contributed by atoms with Gasteiger partial charge in [0.25, 0.3) is 0 Å². The number of hydrogen-bond acceptors (Lipinski definition) is 4. The number of carbonyl (C=O) groups excluding carboxylic acids is 1. The second-order valence-corrected chi connectivity index (χ2v) is 6.55. The van der Waals surface area contributed by atoms with Gasteiger partial charge in [0.1, 0.15) is 10.8 Å². The van der Waals surface area contributed by atoms with Gasteiger partial charge in [0.15, 0.2) is 0 Å². The minimum atomic E-state index is -2.96. The number of nitrogens with zero attached hydrogens (tertiary/aromatic N) is 1. The third-order valence-corrected chi connectivity index (χ3v) is 4.55. The van der Waals surface area contributed by atoms with Crippen LogP contribution in [0.4, 0.5) is 14.5 Å². The lowest BCUT2D eigenvalue weighted by atomic mass is 10.2. The number of halogens is 3. The number of amides is 1. The van der Waals surface area contributed by atoms with Crippen LogP contribution in [0.25, 0.3) is 10.6 Å². The quantitative estimate of drug-likeness (QED) is 0.621. The molecule has 0 aliphatic carbocycles. The van der Waals surface area contributed by atoms with Crippen molar-refractivity contribution in [2.75, 3.05) is 5.32 Å². The fraction of sp³-hybridized carbons (Fsp3) is 0.111. The number of alkyl halides is 2. The predicted molar refractivity (Wildman–Crippen MR) is 98.0 cm³/mol. The van der Waals surface area contributed by atoms with E-state index < -0.39 is 6.61 Å². The molecule has 0 fully saturated rings. The molecule has 3 rings (SSSR count). The van der Waals surface area contributed by atoms with Crippen LogP contribution in [0, 0.1) is 0 Å². The van der Waals surface area contributed by atoms with E-state index >= 15 is 0 Å². The number of thiazole rings is 1. The van der Waals surface area contributed by atoms with Gasteiger partial charge >= 0.3 is 6.61 Å². The van der Waals surface area contributed by atoms with E-state index in [1.165, 1.54) is 23.5 Å². The maximum absolute atomic E-state index is 12.4. The molecule has 1 amide bonds. The summed E-state index contributed by atoms with van der Waals surface area (Å²) in [5, 5.41) is 5.76. The molecule has 0 spiro atoms. The van der Waals surface area contributed by atoms with Gasteiger partial charge in [-0.2, -0.15) is 8.78 Å². The minimum Gasteiger partial charge on any atom is -0.433 e. The van der Waals surface area contributed by atoms with Crippen LogP contribution in [-0.2, 0) is 11.2 Å². The SMILES string of the molecule is O=C(Cc1csc(-c2ccc(Cl)cc2)n1)Nc1ccccc1OC(F)F. The van der Waals surface area contributed by atoms with Crippen LogP contribution in [0.2, 0.25) is 5.02 Å². The number of benzene rings is 2. The molecule has 0 atom stereocenters. The number of nitrogens with one attached hydrogen (secondary N) is 1. The maximum Gasteiger partial charge on any atom is 0.387 e. The average Bonchev–Trinajstić information content (AvgIpc) is 3.05. The first-order valence-electron chi connectivity index (χ1n) is 7.55. The normalized spacial score (nSPS) is 10.8. The predicted octanol–water partition coefficient (Wildman–Crippen LogP) is 5.25. The largest absolute Gasteiger partial charge is 0.433 e. The summed E-state index contributed by atoms with van der Waals surface area (Å²) in [4.78, 5) is 16.6. The molecule has 0 aliphatic heterocycles. The van der Waals surface area contributed by atoms with Gasteiger partial charge in [0, 0.05) is 16.0 Å². The zero-order valence-electron chi connectivity index (χ0n) is 13.3. The van der Waals surface area contributed by atoms with Crippen molar-refractivity contribution >= 4 is 34.5 Å². The highest BCUT2D eigenvalue weighted by Gasteiger charge is 2.13. The smallest absolute Gasteiger partial charge is 0.387 e. The topological polar surface area (TPSA) is 51.2 Å². The van der Waals surface area contributed by atoms with Crippen LogP contribution in [0.15, 0.2) is 53.9 Å². The molecule has 134 valence electrons. The monoisotopic (exact) mass is 394 g/mol. The van der Waals surface area contributed by atoms with Gasteiger partial charge < -0.3 is 10.1 Å². The lowest BCUT2D eigenvalue weighted by Crippen LogP contribution is -2.16. The lowest BCUT2D eigenvalue weighted by Gasteiger charge is -2.11.